The van der Waals surface area contributed by atoms with Crippen LogP contribution in [-0.2, 0) is 11.3 Å². The fraction of sp³-hybridized carbons (Fsp3) is 0.500. The highest BCUT2D eigenvalue weighted by Gasteiger charge is 2.26. The second-order valence-corrected chi connectivity index (χ2v) is 7.85. The summed E-state index contributed by atoms with van der Waals surface area (Å²) in [5.74, 6) is 0.403. The quantitative estimate of drug-likeness (QED) is 0.293. The van der Waals surface area contributed by atoms with E-state index in [4.69, 9.17) is 5.21 Å². The molecule has 0 saturated heterocycles. The SMILES string of the molecule is CCCN(CCC1=NNN(C(C)(C)C)N1)Cc1ccc(/C=C/C(=O)NO)cc1.[HH].[HH]. The topological polar surface area (TPSA) is 92.2 Å². The molecule has 0 aliphatic carbocycles. The van der Waals surface area contributed by atoms with Gasteiger partial charge in [0.25, 0.3) is 5.91 Å². The number of carbonyl (C=O) groups is 1. The van der Waals surface area contributed by atoms with Crippen LogP contribution in [0.1, 0.15) is 54.5 Å². The number of carbonyl (C=O) groups excluding carboxylic acids is 1. The number of hydrazine groups is 2. The molecule has 8 heteroatoms. The van der Waals surface area contributed by atoms with Gasteiger partial charge in [0.1, 0.15) is 5.84 Å². The van der Waals surface area contributed by atoms with Crippen LogP contribution < -0.4 is 16.4 Å². The molecule has 1 aliphatic heterocycles. The number of hydrogen-bond acceptors (Lipinski definition) is 7. The van der Waals surface area contributed by atoms with E-state index < -0.39 is 5.91 Å². The maximum absolute atomic E-state index is 11.0. The summed E-state index contributed by atoms with van der Waals surface area (Å²) in [6, 6.07) is 8.06. The van der Waals surface area contributed by atoms with Crippen molar-refractivity contribution in [3.63, 3.8) is 0 Å². The molecule has 28 heavy (non-hydrogen) atoms. The van der Waals surface area contributed by atoms with Crippen LogP contribution in [-0.4, -0.2) is 45.6 Å². The predicted molar refractivity (Wildman–Crippen MR) is 115 cm³/mol. The Hall–Kier alpha value is -2.42. The van der Waals surface area contributed by atoms with Crippen molar-refractivity contribution in [1.82, 2.24) is 26.5 Å². The smallest absolute Gasteiger partial charge is 0.267 e. The van der Waals surface area contributed by atoms with E-state index in [0.29, 0.717) is 0 Å². The molecular formula is C20H36N6O2. The van der Waals surface area contributed by atoms with Crippen LogP contribution in [0.3, 0.4) is 0 Å². The molecule has 1 heterocycles. The Labute approximate surface area is 170 Å². The third kappa shape index (κ3) is 6.95. The second kappa shape index (κ2) is 10.2. The van der Waals surface area contributed by atoms with Gasteiger partial charge in [-0.2, -0.15) is 0 Å². The van der Waals surface area contributed by atoms with Gasteiger partial charge in [-0.15, -0.1) is 10.2 Å². The number of rotatable bonds is 9. The van der Waals surface area contributed by atoms with Crippen molar-refractivity contribution in [3.05, 3.63) is 41.5 Å². The maximum atomic E-state index is 11.0. The third-order valence-corrected chi connectivity index (χ3v) is 4.32. The summed E-state index contributed by atoms with van der Waals surface area (Å²) in [6.45, 7) is 11.3. The number of nitrogens with one attached hydrogen (secondary N) is 3. The zero-order valence-corrected chi connectivity index (χ0v) is 17.2. The second-order valence-electron chi connectivity index (χ2n) is 7.85. The monoisotopic (exact) mass is 392 g/mol. The van der Waals surface area contributed by atoms with Gasteiger partial charge in [-0.1, -0.05) is 31.2 Å². The highest BCUT2D eigenvalue weighted by atomic mass is 16.5. The zero-order valence-electron chi connectivity index (χ0n) is 17.2. The number of benzene rings is 1. The first kappa shape index (κ1) is 21.9. The van der Waals surface area contributed by atoms with Crippen molar-refractivity contribution >= 4 is 17.8 Å². The lowest BCUT2D eigenvalue weighted by atomic mass is 10.1. The van der Waals surface area contributed by atoms with E-state index in [2.05, 4.69) is 60.8 Å². The molecule has 0 unspecified atom stereocenters. The molecule has 0 spiro atoms. The van der Waals surface area contributed by atoms with Gasteiger partial charge in [0.15, 0.2) is 0 Å². The van der Waals surface area contributed by atoms with Crippen LogP contribution in [0.4, 0.5) is 0 Å². The van der Waals surface area contributed by atoms with Crippen LogP contribution in [0.2, 0.25) is 0 Å². The molecular weight excluding hydrogens is 356 g/mol. The number of amides is 1. The lowest BCUT2D eigenvalue weighted by molar-refractivity contribution is -0.124. The van der Waals surface area contributed by atoms with Crippen LogP contribution >= 0.6 is 0 Å². The Morgan fingerprint density at radius 1 is 1.32 bits per heavy atom. The van der Waals surface area contributed by atoms with E-state index in [1.54, 1.807) is 11.6 Å². The molecule has 0 fully saturated rings. The maximum Gasteiger partial charge on any atom is 0.267 e. The van der Waals surface area contributed by atoms with Crippen molar-refractivity contribution < 1.29 is 12.9 Å². The van der Waals surface area contributed by atoms with Crippen molar-refractivity contribution in [1.29, 1.82) is 0 Å². The zero-order chi connectivity index (χ0) is 20.6. The minimum atomic E-state index is -0.541. The molecule has 2 rings (SSSR count). The van der Waals surface area contributed by atoms with E-state index in [1.165, 1.54) is 11.6 Å². The predicted octanol–water partition coefficient (Wildman–Crippen LogP) is 2.74. The first-order valence-corrected chi connectivity index (χ1v) is 9.64. The minimum Gasteiger partial charge on any atom is -0.299 e. The van der Waals surface area contributed by atoms with Crippen molar-refractivity contribution in [3.8, 4) is 0 Å². The van der Waals surface area contributed by atoms with Crippen LogP contribution in [0, 0.1) is 0 Å². The molecule has 1 aromatic rings. The lowest BCUT2D eigenvalue weighted by Crippen LogP contribution is -2.53. The molecule has 0 saturated carbocycles. The average Bonchev–Trinajstić information content (AvgIpc) is 3.15. The summed E-state index contributed by atoms with van der Waals surface area (Å²) < 4.78 is 0. The van der Waals surface area contributed by atoms with E-state index in [9.17, 15) is 4.79 Å². The highest BCUT2D eigenvalue weighted by Crippen LogP contribution is 2.12. The molecule has 1 aliphatic rings. The van der Waals surface area contributed by atoms with Gasteiger partial charge in [-0.25, -0.2) is 11.0 Å². The van der Waals surface area contributed by atoms with E-state index in [0.717, 1.165) is 43.9 Å². The Morgan fingerprint density at radius 2 is 2.04 bits per heavy atom. The minimum absolute atomic E-state index is 0. The van der Waals surface area contributed by atoms with Gasteiger partial charge in [-0.3, -0.25) is 20.3 Å². The summed E-state index contributed by atoms with van der Waals surface area (Å²) in [7, 11) is 0. The van der Waals surface area contributed by atoms with Gasteiger partial charge < -0.3 is 0 Å². The summed E-state index contributed by atoms with van der Waals surface area (Å²) in [5.41, 5.74) is 9.99. The van der Waals surface area contributed by atoms with E-state index in [-0.39, 0.29) is 8.39 Å². The first-order chi connectivity index (χ1) is 13.3. The Balaban J connectivity index is 0.00000420. The van der Waals surface area contributed by atoms with Gasteiger partial charge in [0, 0.05) is 28.4 Å². The molecule has 1 aromatic carbocycles. The number of hydroxylamine groups is 1. The van der Waals surface area contributed by atoms with Crippen LogP contribution in [0.25, 0.3) is 6.08 Å². The fourth-order valence-corrected chi connectivity index (χ4v) is 2.77. The molecule has 8 nitrogen and oxygen atoms in total. The van der Waals surface area contributed by atoms with Gasteiger partial charge >= 0.3 is 0 Å². The Morgan fingerprint density at radius 3 is 2.61 bits per heavy atom. The number of hydrazone groups is 1. The fourth-order valence-electron chi connectivity index (χ4n) is 2.77. The molecule has 158 valence electrons. The summed E-state index contributed by atoms with van der Waals surface area (Å²) in [4.78, 5) is 13.5. The standard InChI is InChI=1S/C20H32N6O2.2H2/c1-5-13-25(14-12-18-21-24-26(22-18)20(2,3)4)15-17-8-6-16(7-9-17)10-11-19(27)23-28;;/h6-11,24,28H,5,12-15H2,1-4H3,(H,21,22)(H,23,27);2*1H/b11-10+;;. The Kier molecular flexibility index (Phi) is 7.98. The molecule has 4 N–H and O–H groups in total. The van der Waals surface area contributed by atoms with Crippen molar-refractivity contribution in [2.24, 2.45) is 5.10 Å². The molecule has 0 atom stereocenters. The van der Waals surface area contributed by atoms with Crippen molar-refractivity contribution in [2.45, 2.75) is 52.6 Å². The summed E-state index contributed by atoms with van der Waals surface area (Å²) >= 11 is 0. The molecule has 0 aromatic heterocycles. The Bertz CT molecular complexity index is 704. The van der Waals surface area contributed by atoms with Gasteiger partial charge in [-0.05, 0) is 50.9 Å². The number of hydrogen-bond donors (Lipinski definition) is 4. The van der Waals surface area contributed by atoms with Gasteiger partial charge in [0.05, 0.1) is 5.54 Å². The summed E-state index contributed by atoms with van der Waals surface area (Å²) in [6.07, 6.45) is 4.89. The summed E-state index contributed by atoms with van der Waals surface area (Å²) in [5, 5.41) is 14.8. The van der Waals surface area contributed by atoms with E-state index in [1.807, 2.05) is 17.3 Å². The molecule has 0 radical (unpaired) electrons. The van der Waals surface area contributed by atoms with Gasteiger partial charge in [0.2, 0.25) is 0 Å². The normalized spacial score (nSPS) is 14.9. The number of amidine groups is 1. The number of nitrogens with zero attached hydrogens (tertiary/aromatic N) is 3. The molecule has 0 bridgehead atoms. The highest BCUT2D eigenvalue weighted by molar-refractivity contribution is 5.90. The lowest BCUT2D eigenvalue weighted by Gasteiger charge is -2.30. The van der Waals surface area contributed by atoms with Crippen LogP contribution in [0.5, 0.6) is 0 Å². The first-order valence-electron chi connectivity index (χ1n) is 9.64. The van der Waals surface area contributed by atoms with Crippen LogP contribution in [0.15, 0.2) is 35.4 Å². The average molecular weight is 393 g/mol. The van der Waals surface area contributed by atoms with E-state index >= 15 is 0 Å². The third-order valence-electron chi connectivity index (χ3n) is 4.32. The largest absolute Gasteiger partial charge is 0.299 e. The molecule has 1 amide bonds. The van der Waals surface area contributed by atoms with Crippen molar-refractivity contribution in [2.75, 3.05) is 13.1 Å².